The van der Waals surface area contributed by atoms with Gasteiger partial charge < -0.3 is 10.0 Å². The van der Waals surface area contributed by atoms with Crippen LogP contribution in [0.25, 0.3) is 0 Å². The molecule has 0 spiro atoms. The Morgan fingerprint density at radius 1 is 1.53 bits per heavy atom. The number of nitrogens with zero attached hydrogens (tertiary/aromatic N) is 1. The standard InChI is InChI=1S/C12H12BrNO4S/c1-14-5-4-9(11(14)15)19(18)10-6-7(13)2-3-8(10)12(16)17/h2-3,6,9H,4-5H2,1H3,(H,16,17). The average molecular weight is 346 g/mol. The van der Waals surface area contributed by atoms with Crippen LogP contribution in [0.2, 0.25) is 0 Å². The van der Waals surface area contributed by atoms with Crippen LogP contribution in [0.15, 0.2) is 27.6 Å². The van der Waals surface area contributed by atoms with E-state index in [4.69, 9.17) is 5.11 Å². The third kappa shape index (κ3) is 2.71. The molecule has 1 aromatic carbocycles. The van der Waals surface area contributed by atoms with E-state index in [9.17, 15) is 13.8 Å². The number of hydrogen-bond acceptors (Lipinski definition) is 3. The van der Waals surface area contributed by atoms with Gasteiger partial charge in [0.25, 0.3) is 0 Å². The second-order valence-corrected chi connectivity index (χ2v) is 6.80. The first kappa shape index (κ1) is 14.2. The minimum absolute atomic E-state index is 0.0242. The maximum Gasteiger partial charge on any atom is 0.336 e. The van der Waals surface area contributed by atoms with Crippen molar-refractivity contribution in [1.82, 2.24) is 4.90 Å². The molecule has 1 heterocycles. The molecule has 2 atom stereocenters. The first-order valence-electron chi connectivity index (χ1n) is 5.60. The van der Waals surface area contributed by atoms with Gasteiger partial charge in [0.2, 0.25) is 5.91 Å². The molecule has 1 saturated heterocycles. The Labute approximate surface area is 121 Å². The van der Waals surface area contributed by atoms with Crippen molar-refractivity contribution in [3.8, 4) is 0 Å². The fourth-order valence-corrected chi connectivity index (χ4v) is 4.10. The van der Waals surface area contributed by atoms with Gasteiger partial charge in [0.1, 0.15) is 5.25 Å². The maximum atomic E-state index is 12.5. The van der Waals surface area contributed by atoms with E-state index in [0.717, 1.165) is 0 Å². The minimum Gasteiger partial charge on any atom is -0.478 e. The van der Waals surface area contributed by atoms with Gasteiger partial charge in [-0.05, 0) is 24.6 Å². The predicted octanol–water partition coefficient (Wildman–Crippen LogP) is 1.49. The maximum absolute atomic E-state index is 12.5. The van der Waals surface area contributed by atoms with Gasteiger partial charge in [0, 0.05) is 18.1 Å². The van der Waals surface area contributed by atoms with Gasteiger partial charge in [-0.15, -0.1) is 0 Å². The molecule has 1 fully saturated rings. The largest absolute Gasteiger partial charge is 0.478 e. The van der Waals surface area contributed by atoms with Gasteiger partial charge in [-0.1, -0.05) is 15.9 Å². The van der Waals surface area contributed by atoms with Crippen molar-refractivity contribution in [2.24, 2.45) is 0 Å². The summed E-state index contributed by atoms with van der Waals surface area (Å²) < 4.78 is 13.1. The van der Waals surface area contributed by atoms with E-state index >= 15 is 0 Å². The molecule has 102 valence electrons. The second-order valence-electron chi connectivity index (χ2n) is 4.28. The van der Waals surface area contributed by atoms with Crippen molar-refractivity contribution in [2.75, 3.05) is 13.6 Å². The molecule has 1 aliphatic rings. The third-order valence-corrected chi connectivity index (χ3v) is 5.25. The lowest BCUT2D eigenvalue weighted by molar-refractivity contribution is -0.126. The molecule has 1 amide bonds. The van der Waals surface area contributed by atoms with Crippen molar-refractivity contribution in [3.05, 3.63) is 28.2 Å². The summed E-state index contributed by atoms with van der Waals surface area (Å²) in [6.07, 6.45) is 0.480. The number of hydrogen-bond donors (Lipinski definition) is 1. The van der Waals surface area contributed by atoms with Crippen molar-refractivity contribution < 1.29 is 18.9 Å². The average Bonchev–Trinajstić information content (AvgIpc) is 2.68. The smallest absolute Gasteiger partial charge is 0.336 e. The van der Waals surface area contributed by atoms with Crippen molar-refractivity contribution in [1.29, 1.82) is 0 Å². The molecule has 1 N–H and O–H groups in total. The number of amides is 1. The third-order valence-electron chi connectivity index (χ3n) is 3.03. The fourth-order valence-electron chi connectivity index (χ4n) is 1.98. The Hall–Kier alpha value is -1.21. The summed E-state index contributed by atoms with van der Waals surface area (Å²) in [7, 11) is -0.00263. The van der Waals surface area contributed by atoms with Gasteiger partial charge in [-0.2, -0.15) is 0 Å². The van der Waals surface area contributed by atoms with Crippen molar-refractivity contribution >= 4 is 38.6 Å². The Morgan fingerprint density at radius 2 is 2.21 bits per heavy atom. The van der Waals surface area contributed by atoms with Crippen LogP contribution in [0.4, 0.5) is 0 Å². The summed E-state index contributed by atoms with van der Waals surface area (Å²) >= 11 is 3.23. The fraction of sp³-hybridized carbons (Fsp3) is 0.333. The predicted molar refractivity (Wildman–Crippen MR) is 73.6 cm³/mol. The lowest BCUT2D eigenvalue weighted by Crippen LogP contribution is -2.29. The Morgan fingerprint density at radius 3 is 2.74 bits per heavy atom. The van der Waals surface area contributed by atoms with Gasteiger partial charge in [0.15, 0.2) is 0 Å². The zero-order valence-electron chi connectivity index (χ0n) is 10.1. The van der Waals surface area contributed by atoms with Gasteiger partial charge in [-0.3, -0.25) is 9.00 Å². The molecule has 7 heteroatoms. The van der Waals surface area contributed by atoms with Crippen LogP contribution in [-0.4, -0.2) is 44.9 Å². The second kappa shape index (κ2) is 5.42. The van der Waals surface area contributed by atoms with Crippen LogP contribution >= 0.6 is 15.9 Å². The first-order valence-corrected chi connectivity index (χ1v) is 7.61. The monoisotopic (exact) mass is 345 g/mol. The number of benzene rings is 1. The zero-order valence-corrected chi connectivity index (χ0v) is 12.5. The molecular weight excluding hydrogens is 334 g/mol. The summed E-state index contributed by atoms with van der Waals surface area (Å²) in [5.74, 6) is -1.34. The molecule has 0 radical (unpaired) electrons. The lowest BCUT2D eigenvalue weighted by Gasteiger charge is -2.12. The highest BCUT2D eigenvalue weighted by Gasteiger charge is 2.36. The summed E-state index contributed by atoms with van der Waals surface area (Å²) in [5.41, 5.74) is -0.0242. The number of rotatable bonds is 3. The molecule has 5 nitrogen and oxygen atoms in total. The van der Waals surface area contributed by atoms with Gasteiger partial charge in [-0.25, -0.2) is 4.79 Å². The van der Waals surface area contributed by atoms with E-state index in [-0.39, 0.29) is 16.4 Å². The molecule has 1 aliphatic heterocycles. The number of carboxylic acid groups (broad SMARTS) is 1. The summed E-state index contributed by atoms with van der Waals surface area (Å²) in [6.45, 7) is 0.547. The van der Waals surface area contributed by atoms with Crippen LogP contribution < -0.4 is 0 Å². The molecule has 2 unspecified atom stereocenters. The van der Waals surface area contributed by atoms with Crippen LogP contribution in [-0.2, 0) is 15.6 Å². The molecule has 0 saturated carbocycles. The van der Waals surface area contributed by atoms with E-state index < -0.39 is 22.0 Å². The van der Waals surface area contributed by atoms with Crippen molar-refractivity contribution in [3.63, 3.8) is 0 Å². The summed E-state index contributed by atoms with van der Waals surface area (Å²) in [4.78, 5) is 24.7. The van der Waals surface area contributed by atoms with E-state index in [2.05, 4.69) is 15.9 Å². The number of carboxylic acids is 1. The van der Waals surface area contributed by atoms with Crippen LogP contribution in [0.3, 0.4) is 0 Å². The highest BCUT2D eigenvalue weighted by Crippen LogP contribution is 2.26. The van der Waals surface area contributed by atoms with E-state index in [0.29, 0.717) is 17.4 Å². The number of halogens is 1. The molecule has 0 aliphatic carbocycles. The highest BCUT2D eigenvalue weighted by atomic mass is 79.9. The quantitative estimate of drug-likeness (QED) is 0.900. The van der Waals surface area contributed by atoms with Crippen LogP contribution in [0, 0.1) is 0 Å². The van der Waals surface area contributed by atoms with Crippen LogP contribution in [0.1, 0.15) is 16.8 Å². The molecule has 2 rings (SSSR count). The Kier molecular flexibility index (Phi) is 4.05. The summed E-state index contributed by atoms with van der Waals surface area (Å²) in [6, 6.07) is 4.47. The molecule has 0 aromatic heterocycles. The van der Waals surface area contributed by atoms with E-state index in [1.165, 1.54) is 17.0 Å². The first-order chi connectivity index (χ1) is 8.91. The number of aromatic carboxylic acids is 1. The van der Waals surface area contributed by atoms with E-state index in [1.54, 1.807) is 13.1 Å². The highest BCUT2D eigenvalue weighted by molar-refractivity contribution is 9.10. The topological polar surface area (TPSA) is 74.7 Å². The molecule has 19 heavy (non-hydrogen) atoms. The van der Waals surface area contributed by atoms with E-state index in [1.807, 2.05) is 0 Å². The van der Waals surface area contributed by atoms with Gasteiger partial charge in [0.05, 0.1) is 21.3 Å². The Balaban J connectivity index is 2.41. The van der Waals surface area contributed by atoms with Crippen molar-refractivity contribution in [2.45, 2.75) is 16.6 Å². The van der Waals surface area contributed by atoms with Crippen LogP contribution in [0.5, 0.6) is 0 Å². The number of likely N-dealkylation sites (tertiary alicyclic amines) is 1. The molecular formula is C12H12BrNO4S. The molecule has 1 aromatic rings. The molecule has 0 bridgehead atoms. The minimum atomic E-state index is -1.65. The number of carbonyl (C=O) groups excluding carboxylic acids is 1. The lowest BCUT2D eigenvalue weighted by atomic mass is 10.2. The Bertz CT molecular complexity index is 575. The normalized spacial score (nSPS) is 20.6. The number of carbonyl (C=O) groups is 2. The zero-order chi connectivity index (χ0) is 14.2. The SMILES string of the molecule is CN1CCC(S(=O)c2cc(Br)ccc2C(=O)O)C1=O. The van der Waals surface area contributed by atoms with Gasteiger partial charge >= 0.3 is 5.97 Å². The summed E-state index contributed by atoms with van der Waals surface area (Å²) in [5, 5.41) is 8.47.